The van der Waals surface area contributed by atoms with Crippen LogP contribution < -0.4 is 4.72 Å². The molecule has 0 fully saturated rings. The van der Waals surface area contributed by atoms with Crippen LogP contribution in [0.15, 0.2) is 65.6 Å². The highest BCUT2D eigenvalue weighted by atomic mass is 35.5. The van der Waals surface area contributed by atoms with Crippen LogP contribution in [0.4, 0.5) is 5.69 Å². The van der Waals surface area contributed by atoms with E-state index in [1.165, 1.54) is 13.1 Å². The first-order valence-electron chi connectivity index (χ1n) is 10.6. The molecule has 0 unspecified atom stereocenters. The molecule has 0 aliphatic rings. The molecule has 0 aliphatic heterocycles. The fraction of sp³-hybridized carbons (Fsp3) is 0.200. The van der Waals surface area contributed by atoms with Gasteiger partial charge in [0.25, 0.3) is 15.9 Å². The summed E-state index contributed by atoms with van der Waals surface area (Å²) in [5, 5.41) is 18.9. The van der Waals surface area contributed by atoms with E-state index < -0.39 is 34.5 Å². The number of hydrogen-bond acceptors (Lipinski definition) is 5. The Morgan fingerprint density at radius 3 is 2.26 bits per heavy atom. The Hall–Kier alpha value is -3.40. The first kappa shape index (κ1) is 26.2. The zero-order valence-corrected chi connectivity index (χ0v) is 20.9. The number of benzene rings is 3. The molecular weight excluding hydrogens is 492 g/mol. The molecular formula is C25H25ClN2O6S. The molecule has 3 aromatic carbocycles. The number of halogens is 1. The summed E-state index contributed by atoms with van der Waals surface area (Å²) in [6.45, 7) is 2.71. The van der Waals surface area contributed by atoms with Gasteiger partial charge in [-0.25, -0.2) is 13.2 Å². The first-order valence-corrected chi connectivity index (χ1v) is 12.4. The molecule has 184 valence electrons. The second-order valence-corrected chi connectivity index (χ2v) is 10.1. The van der Waals surface area contributed by atoms with Crippen molar-refractivity contribution in [1.82, 2.24) is 4.90 Å². The summed E-state index contributed by atoms with van der Waals surface area (Å²) in [7, 11) is -2.54. The van der Waals surface area contributed by atoms with Crippen molar-refractivity contribution in [3.63, 3.8) is 0 Å². The molecule has 0 spiro atoms. The lowest BCUT2D eigenvalue weighted by Gasteiger charge is -2.23. The highest BCUT2D eigenvalue weighted by molar-refractivity contribution is 7.92. The second-order valence-electron chi connectivity index (χ2n) is 8.08. The number of carboxylic acids is 1. The maximum Gasteiger partial charge on any atom is 0.328 e. The molecule has 10 heteroatoms. The Bertz CT molecular complexity index is 1370. The summed E-state index contributed by atoms with van der Waals surface area (Å²) in [6, 6.07) is 15.0. The molecule has 1 amide bonds. The lowest BCUT2D eigenvalue weighted by molar-refractivity contribution is -0.143. The van der Waals surface area contributed by atoms with Crippen molar-refractivity contribution < 1.29 is 28.2 Å². The Kier molecular flexibility index (Phi) is 7.84. The maximum absolute atomic E-state index is 13.0. The number of amides is 1. The molecule has 0 heterocycles. The van der Waals surface area contributed by atoms with Crippen molar-refractivity contribution in [3.05, 3.63) is 82.4 Å². The quantitative estimate of drug-likeness (QED) is 0.416. The largest absolute Gasteiger partial charge is 0.480 e. The van der Waals surface area contributed by atoms with E-state index in [4.69, 9.17) is 16.7 Å². The van der Waals surface area contributed by atoms with Crippen LogP contribution in [0.5, 0.6) is 0 Å². The maximum atomic E-state index is 13.0. The molecule has 35 heavy (non-hydrogen) atoms. The Balaban J connectivity index is 1.83. The molecule has 3 N–H and O–H groups in total. The van der Waals surface area contributed by atoms with Gasteiger partial charge < -0.3 is 15.1 Å². The third-order valence-electron chi connectivity index (χ3n) is 5.57. The van der Waals surface area contributed by atoms with Crippen LogP contribution in [0.1, 0.15) is 21.5 Å². The molecule has 0 aliphatic carbocycles. The van der Waals surface area contributed by atoms with Gasteiger partial charge in [-0.3, -0.25) is 9.52 Å². The zero-order valence-electron chi connectivity index (χ0n) is 19.3. The monoisotopic (exact) mass is 516 g/mol. The van der Waals surface area contributed by atoms with Crippen LogP contribution in [0, 0.1) is 13.8 Å². The molecule has 8 nitrogen and oxygen atoms in total. The van der Waals surface area contributed by atoms with Gasteiger partial charge in [0.2, 0.25) is 0 Å². The SMILES string of the molecule is Cc1cc(S(=O)(=O)Nc2cccc(-c3ccc(C(=O)N(C)[C@H](CO)C(=O)O)cc3)c2)c(C)cc1Cl. The lowest BCUT2D eigenvalue weighted by atomic mass is 10.0. The van der Waals surface area contributed by atoms with Crippen LogP contribution in [-0.2, 0) is 14.8 Å². The number of aliphatic carboxylic acids is 1. The zero-order chi connectivity index (χ0) is 25.9. The summed E-state index contributed by atoms with van der Waals surface area (Å²) >= 11 is 6.09. The molecule has 0 bridgehead atoms. The fourth-order valence-electron chi connectivity index (χ4n) is 3.53. The second kappa shape index (κ2) is 10.5. The normalized spacial score (nSPS) is 12.1. The number of aliphatic hydroxyl groups excluding tert-OH is 1. The van der Waals surface area contributed by atoms with Crippen molar-refractivity contribution in [1.29, 1.82) is 0 Å². The number of nitrogens with zero attached hydrogens (tertiary/aromatic N) is 1. The summed E-state index contributed by atoms with van der Waals surface area (Å²) in [5.74, 6) is -1.85. The minimum absolute atomic E-state index is 0.138. The molecule has 0 radical (unpaired) electrons. The number of aryl methyl sites for hydroxylation is 2. The predicted octanol–water partition coefficient (Wildman–Crippen LogP) is 3.94. The molecule has 0 aromatic heterocycles. The van der Waals surface area contributed by atoms with Gasteiger partial charge in [-0.05, 0) is 72.5 Å². The smallest absolute Gasteiger partial charge is 0.328 e. The minimum atomic E-state index is -3.85. The van der Waals surface area contributed by atoms with E-state index in [0.717, 1.165) is 10.5 Å². The van der Waals surface area contributed by atoms with Crippen molar-refractivity contribution in [2.75, 3.05) is 18.4 Å². The van der Waals surface area contributed by atoms with E-state index in [2.05, 4.69) is 4.72 Å². The van der Waals surface area contributed by atoms with Crippen molar-refractivity contribution in [2.24, 2.45) is 0 Å². The summed E-state index contributed by atoms with van der Waals surface area (Å²) < 4.78 is 28.6. The summed E-state index contributed by atoms with van der Waals surface area (Å²) in [5.41, 5.74) is 3.23. The van der Waals surface area contributed by atoms with Crippen molar-refractivity contribution in [3.8, 4) is 11.1 Å². The third kappa shape index (κ3) is 5.82. The van der Waals surface area contributed by atoms with Crippen molar-refractivity contribution in [2.45, 2.75) is 24.8 Å². The summed E-state index contributed by atoms with van der Waals surface area (Å²) in [4.78, 5) is 24.9. The third-order valence-corrected chi connectivity index (χ3v) is 7.50. The van der Waals surface area contributed by atoms with Gasteiger partial charge >= 0.3 is 5.97 Å². The number of likely N-dealkylation sites (N-methyl/N-ethyl adjacent to an activating group) is 1. The Morgan fingerprint density at radius 2 is 1.66 bits per heavy atom. The standard InChI is InChI=1S/C25H25ClN2O6S/c1-15-12-23(16(2)11-21(15)26)35(33,34)27-20-6-4-5-19(13-20)17-7-9-18(10-8-17)24(30)28(3)22(14-29)25(31)32/h4-13,22,27,29H,14H2,1-3H3,(H,31,32)/t22-/m1/s1. The molecule has 3 aromatic rings. The van der Waals surface area contributed by atoms with E-state index >= 15 is 0 Å². The fourth-order valence-corrected chi connectivity index (χ4v) is 5.11. The number of sulfonamides is 1. The van der Waals surface area contributed by atoms with E-state index in [1.54, 1.807) is 68.4 Å². The molecule has 0 saturated carbocycles. The van der Waals surface area contributed by atoms with E-state index in [1.807, 2.05) is 0 Å². The highest BCUT2D eigenvalue weighted by Gasteiger charge is 2.26. The number of nitrogens with one attached hydrogen (secondary N) is 1. The average Bonchev–Trinajstić information content (AvgIpc) is 2.81. The highest BCUT2D eigenvalue weighted by Crippen LogP contribution is 2.28. The Labute approximate surface area is 208 Å². The topological polar surface area (TPSA) is 124 Å². The minimum Gasteiger partial charge on any atom is -0.480 e. The van der Waals surface area contributed by atoms with Crippen LogP contribution in [-0.4, -0.2) is 55.1 Å². The Morgan fingerprint density at radius 1 is 1.00 bits per heavy atom. The number of carbonyl (C=O) groups excluding carboxylic acids is 1. The van der Waals surface area contributed by atoms with Crippen LogP contribution in [0.2, 0.25) is 5.02 Å². The van der Waals surface area contributed by atoms with Gasteiger partial charge in [-0.15, -0.1) is 0 Å². The molecule has 3 rings (SSSR count). The number of aliphatic hydroxyl groups is 1. The van der Waals surface area contributed by atoms with E-state index in [-0.39, 0.29) is 10.5 Å². The van der Waals surface area contributed by atoms with Crippen LogP contribution in [0.3, 0.4) is 0 Å². The van der Waals surface area contributed by atoms with Crippen LogP contribution >= 0.6 is 11.6 Å². The number of hydrogen-bond donors (Lipinski definition) is 3. The summed E-state index contributed by atoms with van der Waals surface area (Å²) in [6.07, 6.45) is 0. The van der Waals surface area contributed by atoms with Gasteiger partial charge in [0, 0.05) is 23.3 Å². The van der Waals surface area contributed by atoms with Gasteiger partial charge in [-0.1, -0.05) is 35.9 Å². The van der Waals surface area contributed by atoms with Gasteiger partial charge in [0.15, 0.2) is 6.04 Å². The first-order chi connectivity index (χ1) is 16.4. The van der Waals surface area contributed by atoms with Gasteiger partial charge in [0.05, 0.1) is 11.5 Å². The number of carbonyl (C=O) groups is 2. The number of carboxylic acid groups (broad SMARTS) is 1. The lowest BCUT2D eigenvalue weighted by Crippen LogP contribution is -2.44. The predicted molar refractivity (Wildman–Crippen MR) is 134 cm³/mol. The number of anilines is 1. The van der Waals surface area contributed by atoms with Gasteiger partial charge in [0.1, 0.15) is 0 Å². The van der Waals surface area contributed by atoms with Gasteiger partial charge in [-0.2, -0.15) is 0 Å². The average molecular weight is 517 g/mol. The molecule has 0 saturated heterocycles. The van der Waals surface area contributed by atoms with E-state index in [0.29, 0.717) is 27.4 Å². The van der Waals surface area contributed by atoms with Crippen molar-refractivity contribution >= 4 is 39.2 Å². The van der Waals surface area contributed by atoms with Crippen LogP contribution in [0.25, 0.3) is 11.1 Å². The number of rotatable bonds is 8. The van der Waals surface area contributed by atoms with E-state index in [9.17, 15) is 23.1 Å². The molecule has 1 atom stereocenters.